The van der Waals surface area contributed by atoms with E-state index >= 15 is 0 Å². The Morgan fingerprint density at radius 3 is 2.77 bits per heavy atom. The van der Waals surface area contributed by atoms with Crippen molar-refractivity contribution in [1.29, 1.82) is 5.26 Å². The summed E-state index contributed by atoms with van der Waals surface area (Å²) in [6.45, 7) is 2.17. The summed E-state index contributed by atoms with van der Waals surface area (Å²) >= 11 is 1.72. The van der Waals surface area contributed by atoms with E-state index in [0.717, 1.165) is 28.2 Å². The Bertz CT molecular complexity index is 691. The van der Waals surface area contributed by atoms with Crippen LogP contribution in [0.2, 0.25) is 0 Å². The molecule has 2 aromatic carbocycles. The number of hydrogen-bond acceptors (Lipinski definition) is 4. The van der Waals surface area contributed by atoms with E-state index in [2.05, 4.69) is 6.07 Å². The summed E-state index contributed by atoms with van der Waals surface area (Å²) in [5.41, 5.74) is 3.41. The Morgan fingerprint density at radius 1 is 1.18 bits per heavy atom. The van der Waals surface area contributed by atoms with E-state index in [-0.39, 0.29) is 5.97 Å². The maximum absolute atomic E-state index is 11.7. The van der Waals surface area contributed by atoms with Crippen LogP contribution in [0.3, 0.4) is 0 Å². The molecule has 0 aliphatic carbocycles. The van der Waals surface area contributed by atoms with Crippen LogP contribution < -0.4 is 0 Å². The lowest BCUT2D eigenvalue weighted by Crippen LogP contribution is -2.04. The lowest BCUT2D eigenvalue weighted by molar-refractivity contribution is 0.0526. The van der Waals surface area contributed by atoms with Crippen molar-refractivity contribution in [3.63, 3.8) is 0 Å². The first kappa shape index (κ1) is 16.1. The average Bonchev–Trinajstić information content (AvgIpc) is 2.56. The van der Waals surface area contributed by atoms with Crippen LogP contribution >= 0.6 is 11.8 Å². The maximum Gasteiger partial charge on any atom is 0.338 e. The second kappa shape index (κ2) is 8.26. The van der Waals surface area contributed by atoms with Crippen molar-refractivity contribution in [1.82, 2.24) is 0 Å². The van der Waals surface area contributed by atoms with Crippen molar-refractivity contribution in [3.05, 3.63) is 70.8 Å². The van der Waals surface area contributed by atoms with Gasteiger partial charge in [0.25, 0.3) is 0 Å². The molecule has 0 fully saturated rings. The number of nitrogens with zero attached hydrogens (tertiary/aromatic N) is 1. The average molecular weight is 311 g/mol. The van der Waals surface area contributed by atoms with Gasteiger partial charge in [-0.3, -0.25) is 0 Å². The van der Waals surface area contributed by atoms with Gasteiger partial charge < -0.3 is 4.74 Å². The monoisotopic (exact) mass is 311 g/mol. The topological polar surface area (TPSA) is 50.1 Å². The minimum absolute atomic E-state index is 0.288. The lowest BCUT2D eigenvalue weighted by Gasteiger charge is -2.06. The molecule has 0 aromatic heterocycles. The Kier molecular flexibility index (Phi) is 6.05. The summed E-state index contributed by atoms with van der Waals surface area (Å²) < 4.78 is 5.01. The molecule has 0 spiro atoms. The number of nitriles is 1. The molecule has 0 aliphatic rings. The number of hydrogen-bond donors (Lipinski definition) is 0. The molecule has 0 atom stereocenters. The van der Waals surface area contributed by atoms with Crippen LogP contribution in [-0.2, 0) is 16.2 Å². The number of thioether (sulfide) groups is 1. The molecule has 0 heterocycles. The van der Waals surface area contributed by atoms with Crippen LogP contribution in [0, 0.1) is 11.3 Å². The highest BCUT2D eigenvalue weighted by Gasteiger charge is 2.07. The fourth-order valence-electron chi connectivity index (χ4n) is 2.04. The Hall–Kier alpha value is -2.25. The number of benzene rings is 2. The molecule has 0 aliphatic heterocycles. The minimum atomic E-state index is -0.288. The first-order chi connectivity index (χ1) is 10.7. The van der Waals surface area contributed by atoms with Crippen LogP contribution in [0.5, 0.6) is 0 Å². The molecular formula is C18H17NO2S. The van der Waals surface area contributed by atoms with Gasteiger partial charge >= 0.3 is 5.97 Å². The Labute approximate surface area is 134 Å². The zero-order valence-corrected chi connectivity index (χ0v) is 13.2. The summed E-state index contributed by atoms with van der Waals surface area (Å²) in [4.78, 5) is 11.7. The Morgan fingerprint density at radius 2 is 2.00 bits per heavy atom. The number of carbonyl (C=O) groups excluding carboxylic acids is 1. The van der Waals surface area contributed by atoms with Crippen LogP contribution in [0.25, 0.3) is 0 Å². The number of ether oxygens (including phenoxy) is 1. The largest absolute Gasteiger partial charge is 0.462 e. The molecule has 0 bridgehead atoms. The van der Waals surface area contributed by atoms with Crippen molar-refractivity contribution >= 4 is 17.7 Å². The predicted molar refractivity (Wildman–Crippen MR) is 88.6 cm³/mol. The summed E-state index contributed by atoms with van der Waals surface area (Å²) in [5, 5.41) is 9.07. The van der Waals surface area contributed by atoms with E-state index in [1.165, 1.54) is 0 Å². The number of rotatable bonds is 6. The highest BCUT2D eigenvalue weighted by molar-refractivity contribution is 7.97. The number of esters is 1. The van der Waals surface area contributed by atoms with E-state index < -0.39 is 0 Å². The first-order valence-corrected chi connectivity index (χ1v) is 8.22. The summed E-state index contributed by atoms with van der Waals surface area (Å²) in [5.74, 6) is 1.27. The minimum Gasteiger partial charge on any atom is -0.462 e. The van der Waals surface area contributed by atoms with Gasteiger partial charge in [-0.1, -0.05) is 30.3 Å². The third kappa shape index (κ3) is 4.37. The Balaban J connectivity index is 1.96. The standard InChI is InChI=1S/C18H17NO2S/c1-2-21-18(20)15-9-5-6-14(10-15)12-22-13-17-8-4-3-7-16(17)11-19/h3-10H,2,12-13H2,1H3. The fourth-order valence-corrected chi connectivity index (χ4v) is 3.03. The van der Waals surface area contributed by atoms with Gasteiger partial charge in [-0.15, -0.1) is 0 Å². The van der Waals surface area contributed by atoms with Crippen LogP contribution in [-0.4, -0.2) is 12.6 Å². The molecule has 2 aromatic rings. The van der Waals surface area contributed by atoms with Crippen LogP contribution in [0.1, 0.15) is 34.0 Å². The maximum atomic E-state index is 11.7. The second-order valence-corrected chi connectivity index (χ2v) is 5.67. The molecule has 0 saturated carbocycles. The second-order valence-electron chi connectivity index (χ2n) is 4.68. The van der Waals surface area contributed by atoms with Crippen LogP contribution in [0.4, 0.5) is 0 Å². The van der Waals surface area contributed by atoms with Gasteiger partial charge in [0.1, 0.15) is 0 Å². The quantitative estimate of drug-likeness (QED) is 0.751. The highest BCUT2D eigenvalue weighted by atomic mass is 32.2. The molecule has 3 nitrogen and oxygen atoms in total. The highest BCUT2D eigenvalue weighted by Crippen LogP contribution is 2.20. The summed E-state index contributed by atoms with van der Waals surface area (Å²) in [6.07, 6.45) is 0. The van der Waals surface area contributed by atoms with E-state index in [4.69, 9.17) is 10.00 Å². The summed E-state index contributed by atoms with van der Waals surface area (Å²) in [6, 6.07) is 17.3. The van der Waals surface area contributed by atoms with Crippen LogP contribution in [0.15, 0.2) is 48.5 Å². The van der Waals surface area contributed by atoms with Gasteiger partial charge in [0, 0.05) is 11.5 Å². The molecule has 2 rings (SSSR count). The van der Waals surface area contributed by atoms with Gasteiger partial charge in [0.15, 0.2) is 0 Å². The third-order valence-electron chi connectivity index (χ3n) is 3.10. The predicted octanol–water partition coefficient (Wildman–Crippen LogP) is 4.17. The smallest absolute Gasteiger partial charge is 0.338 e. The van der Waals surface area contributed by atoms with Crippen molar-refractivity contribution in [2.45, 2.75) is 18.4 Å². The molecule has 0 unspecified atom stereocenters. The summed E-state index contributed by atoms with van der Waals surface area (Å²) in [7, 11) is 0. The van der Waals surface area contributed by atoms with Gasteiger partial charge in [-0.25, -0.2) is 4.79 Å². The molecule has 0 N–H and O–H groups in total. The molecule has 0 radical (unpaired) electrons. The van der Waals surface area contributed by atoms with Crippen molar-refractivity contribution in [3.8, 4) is 6.07 Å². The SMILES string of the molecule is CCOC(=O)c1cccc(CSCc2ccccc2C#N)c1. The zero-order chi connectivity index (χ0) is 15.8. The molecule has 0 saturated heterocycles. The fraction of sp³-hybridized carbons (Fsp3) is 0.222. The normalized spacial score (nSPS) is 10.0. The molecular weight excluding hydrogens is 294 g/mol. The van der Waals surface area contributed by atoms with Gasteiger partial charge in [0.2, 0.25) is 0 Å². The molecule has 112 valence electrons. The third-order valence-corrected chi connectivity index (χ3v) is 4.15. The van der Waals surface area contributed by atoms with E-state index in [1.54, 1.807) is 24.8 Å². The molecule has 4 heteroatoms. The van der Waals surface area contributed by atoms with E-state index in [1.807, 2.05) is 42.5 Å². The lowest BCUT2D eigenvalue weighted by atomic mass is 10.1. The first-order valence-electron chi connectivity index (χ1n) is 7.06. The van der Waals surface area contributed by atoms with Crippen molar-refractivity contribution in [2.24, 2.45) is 0 Å². The van der Waals surface area contributed by atoms with E-state index in [0.29, 0.717) is 12.2 Å². The van der Waals surface area contributed by atoms with E-state index in [9.17, 15) is 4.79 Å². The number of carbonyl (C=O) groups is 1. The van der Waals surface area contributed by atoms with Crippen molar-refractivity contribution in [2.75, 3.05) is 6.61 Å². The van der Waals surface area contributed by atoms with Gasteiger partial charge in [0.05, 0.1) is 23.8 Å². The zero-order valence-electron chi connectivity index (χ0n) is 12.4. The van der Waals surface area contributed by atoms with Gasteiger partial charge in [-0.2, -0.15) is 17.0 Å². The van der Waals surface area contributed by atoms with Crippen molar-refractivity contribution < 1.29 is 9.53 Å². The molecule has 0 amide bonds. The molecule has 22 heavy (non-hydrogen) atoms. The van der Waals surface area contributed by atoms with Gasteiger partial charge in [-0.05, 0) is 36.2 Å².